The van der Waals surface area contributed by atoms with Crippen LogP contribution in [0.25, 0.3) is 0 Å². The van der Waals surface area contributed by atoms with Crippen molar-refractivity contribution in [1.82, 2.24) is 10.9 Å². The third-order valence-corrected chi connectivity index (χ3v) is 4.46. The van der Waals surface area contributed by atoms with Gasteiger partial charge in [-0.25, -0.2) is 10.2 Å². The van der Waals surface area contributed by atoms with E-state index in [2.05, 4.69) is 16.2 Å². The minimum Gasteiger partial charge on any atom is -0.490 e. The molecule has 0 atom stereocenters. The average molecular weight is 407 g/mol. The van der Waals surface area contributed by atoms with Crippen LogP contribution in [-0.4, -0.2) is 18.0 Å². The molecule has 9 heteroatoms. The number of carbonyl (C=O) groups is 2. The number of amides is 3. The number of hydrazine groups is 1. The number of benzene rings is 2. The summed E-state index contributed by atoms with van der Waals surface area (Å²) in [6, 6.07) is 9.77. The van der Waals surface area contributed by atoms with E-state index in [9.17, 15) is 22.8 Å². The molecule has 0 unspecified atom stereocenters. The Morgan fingerprint density at radius 2 is 1.66 bits per heavy atom. The zero-order valence-electron chi connectivity index (χ0n) is 15.4. The van der Waals surface area contributed by atoms with Gasteiger partial charge in [-0.1, -0.05) is 6.07 Å². The van der Waals surface area contributed by atoms with Crippen molar-refractivity contribution in [2.45, 2.75) is 38.0 Å². The van der Waals surface area contributed by atoms with Crippen LogP contribution in [0.1, 0.15) is 41.6 Å². The van der Waals surface area contributed by atoms with Gasteiger partial charge >= 0.3 is 12.2 Å². The van der Waals surface area contributed by atoms with E-state index in [4.69, 9.17) is 4.74 Å². The van der Waals surface area contributed by atoms with Gasteiger partial charge in [-0.3, -0.25) is 10.2 Å². The van der Waals surface area contributed by atoms with Crippen LogP contribution in [-0.2, 0) is 6.18 Å². The third kappa shape index (κ3) is 5.87. The fraction of sp³-hybridized carbons (Fsp3) is 0.300. The number of ether oxygens (including phenoxy) is 1. The Morgan fingerprint density at radius 3 is 2.31 bits per heavy atom. The van der Waals surface area contributed by atoms with Crippen molar-refractivity contribution < 1.29 is 27.5 Å². The maximum atomic E-state index is 12.7. The minimum atomic E-state index is -4.52. The standard InChI is InChI=1S/C20H20F3N3O3/c21-20(22,23)14-4-3-5-15(12-14)24-19(28)26-25-18(27)13-8-10-17(11-9-13)29-16-6-1-2-7-16/h3-5,8-12,16H,1-2,6-7H2,(H,25,27)(H2,24,26,28). The van der Waals surface area contributed by atoms with Crippen LogP contribution >= 0.6 is 0 Å². The first-order valence-corrected chi connectivity index (χ1v) is 9.12. The Hall–Kier alpha value is -3.23. The summed E-state index contributed by atoms with van der Waals surface area (Å²) in [4.78, 5) is 23.9. The molecule has 2 aromatic rings. The number of urea groups is 1. The van der Waals surface area contributed by atoms with Crippen molar-refractivity contribution in [3.63, 3.8) is 0 Å². The maximum absolute atomic E-state index is 12.7. The Balaban J connectivity index is 1.49. The van der Waals surface area contributed by atoms with Gasteiger partial charge in [-0.15, -0.1) is 0 Å². The molecule has 1 fully saturated rings. The Bertz CT molecular complexity index is 863. The lowest BCUT2D eigenvalue weighted by molar-refractivity contribution is -0.137. The first-order valence-electron chi connectivity index (χ1n) is 9.12. The average Bonchev–Trinajstić information content (AvgIpc) is 3.19. The molecule has 0 radical (unpaired) electrons. The van der Waals surface area contributed by atoms with Gasteiger partial charge in [0.2, 0.25) is 0 Å². The lowest BCUT2D eigenvalue weighted by Gasteiger charge is -2.13. The molecule has 154 valence electrons. The van der Waals surface area contributed by atoms with Crippen molar-refractivity contribution in [3.8, 4) is 5.75 Å². The van der Waals surface area contributed by atoms with Crippen molar-refractivity contribution >= 4 is 17.6 Å². The summed E-state index contributed by atoms with van der Waals surface area (Å²) in [5, 5.41) is 2.23. The highest BCUT2D eigenvalue weighted by Gasteiger charge is 2.30. The van der Waals surface area contributed by atoms with E-state index >= 15 is 0 Å². The van der Waals surface area contributed by atoms with Crippen molar-refractivity contribution in [2.24, 2.45) is 0 Å². The molecule has 0 bridgehead atoms. The fourth-order valence-electron chi connectivity index (χ4n) is 3.00. The molecule has 2 aromatic carbocycles. The number of rotatable bonds is 4. The highest BCUT2D eigenvalue weighted by atomic mass is 19.4. The SMILES string of the molecule is O=C(NNC(=O)c1ccc(OC2CCCC2)cc1)Nc1cccc(C(F)(F)F)c1. The summed E-state index contributed by atoms with van der Waals surface area (Å²) in [6.07, 6.45) is 0.0330. The number of anilines is 1. The van der Waals surface area contributed by atoms with Gasteiger partial charge < -0.3 is 10.1 Å². The summed E-state index contributed by atoms with van der Waals surface area (Å²) in [5.41, 5.74) is 3.64. The van der Waals surface area contributed by atoms with Crippen LogP contribution in [0.2, 0.25) is 0 Å². The topological polar surface area (TPSA) is 79.5 Å². The molecule has 0 aliphatic heterocycles. The highest BCUT2D eigenvalue weighted by molar-refractivity contribution is 5.97. The number of alkyl halides is 3. The van der Waals surface area contributed by atoms with Gasteiger partial charge in [0, 0.05) is 11.3 Å². The lowest BCUT2D eigenvalue weighted by atomic mass is 10.2. The second-order valence-corrected chi connectivity index (χ2v) is 6.66. The van der Waals surface area contributed by atoms with Crippen molar-refractivity contribution in [2.75, 3.05) is 5.32 Å². The number of hydrogen-bond donors (Lipinski definition) is 3. The van der Waals surface area contributed by atoms with Gasteiger partial charge in [0.1, 0.15) is 5.75 Å². The Labute approximate surface area is 165 Å². The van der Waals surface area contributed by atoms with Crippen molar-refractivity contribution in [1.29, 1.82) is 0 Å². The van der Waals surface area contributed by atoms with E-state index in [0.717, 1.165) is 37.8 Å². The number of carbonyl (C=O) groups excluding carboxylic acids is 2. The molecule has 29 heavy (non-hydrogen) atoms. The summed E-state index contributed by atoms with van der Waals surface area (Å²) >= 11 is 0. The molecule has 0 saturated heterocycles. The van der Waals surface area contributed by atoms with Gasteiger partial charge in [-0.05, 0) is 68.1 Å². The lowest BCUT2D eigenvalue weighted by Crippen LogP contribution is -2.43. The molecule has 3 amide bonds. The highest BCUT2D eigenvalue weighted by Crippen LogP contribution is 2.30. The van der Waals surface area contributed by atoms with Crippen LogP contribution in [0.15, 0.2) is 48.5 Å². The molecule has 3 N–H and O–H groups in total. The van der Waals surface area contributed by atoms with Crippen LogP contribution in [0, 0.1) is 0 Å². The van der Waals surface area contributed by atoms with Crippen LogP contribution < -0.4 is 20.9 Å². The number of halogens is 3. The first-order chi connectivity index (χ1) is 13.8. The smallest absolute Gasteiger partial charge is 0.416 e. The van der Waals surface area contributed by atoms with E-state index in [1.54, 1.807) is 24.3 Å². The molecule has 1 saturated carbocycles. The molecular weight excluding hydrogens is 387 g/mol. The minimum absolute atomic E-state index is 0.0556. The molecule has 3 rings (SSSR count). The number of hydrogen-bond acceptors (Lipinski definition) is 3. The molecule has 0 heterocycles. The molecule has 1 aliphatic rings. The predicted octanol–water partition coefficient (Wildman–Crippen LogP) is 4.49. The van der Waals surface area contributed by atoms with Crippen LogP contribution in [0.4, 0.5) is 23.7 Å². The maximum Gasteiger partial charge on any atom is 0.416 e. The van der Waals surface area contributed by atoms with E-state index in [-0.39, 0.29) is 11.8 Å². The molecule has 6 nitrogen and oxygen atoms in total. The molecule has 0 spiro atoms. The Kier molecular flexibility index (Phi) is 6.26. The van der Waals surface area contributed by atoms with Crippen molar-refractivity contribution in [3.05, 3.63) is 59.7 Å². The summed E-state index contributed by atoms with van der Waals surface area (Å²) in [5.74, 6) is 0.0975. The Morgan fingerprint density at radius 1 is 0.966 bits per heavy atom. The quantitative estimate of drug-likeness (QED) is 0.654. The van der Waals surface area contributed by atoms with Crippen LogP contribution in [0.5, 0.6) is 5.75 Å². The molecular formula is C20H20F3N3O3. The van der Waals surface area contributed by atoms with Gasteiger partial charge in [0.15, 0.2) is 0 Å². The normalized spacial score (nSPS) is 14.3. The predicted molar refractivity (Wildman–Crippen MR) is 100 cm³/mol. The molecule has 0 aromatic heterocycles. The summed E-state index contributed by atoms with van der Waals surface area (Å²) in [6.45, 7) is 0. The van der Waals surface area contributed by atoms with E-state index in [1.807, 2.05) is 0 Å². The second-order valence-electron chi connectivity index (χ2n) is 6.66. The third-order valence-electron chi connectivity index (χ3n) is 4.46. The monoisotopic (exact) mass is 407 g/mol. The number of nitrogens with one attached hydrogen (secondary N) is 3. The van der Waals surface area contributed by atoms with Crippen LogP contribution in [0.3, 0.4) is 0 Å². The first kappa shape index (κ1) is 20.5. The second kappa shape index (κ2) is 8.85. The summed E-state index contributed by atoms with van der Waals surface area (Å²) < 4.78 is 43.9. The zero-order chi connectivity index (χ0) is 20.9. The van der Waals surface area contributed by atoms with Gasteiger partial charge in [0.25, 0.3) is 5.91 Å². The van der Waals surface area contributed by atoms with E-state index < -0.39 is 23.7 Å². The van der Waals surface area contributed by atoms with E-state index in [0.29, 0.717) is 11.3 Å². The van der Waals surface area contributed by atoms with E-state index in [1.165, 1.54) is 12.1 Å². The largest absolute Gasteiger partial charge is 0.490 e. The zero-order valence-corrected chi connectivity index (χ0v) is 15.4. The fourth-order valence-corrected chi connectivity index (χ4v) is 3.00. The van der Waals surface area contributed by atoms with Gasteiger partial charge in [-0.2, -0.15) is 13.2 Å². The molecule has 1 aliphatic carbocycles. The van der Waals surface area contributed by atoms with Gasteiger partial charge in [0.05, 0.1) is 11.7 Å². The summed E-state index contributed by atoms with van der Waals surface area (Å²) in [7, 11) is 0.